The second kappa shape index (κ2) is 5.99. The van der Waals surface area contributed by atoms with Gasteiger partial charge in [-0.05, 0) is 31.0 Å². The summed E-state index contributed by atoms with van der Waals surface area (Å²) in [7, 11) is 0. The van der Waals surface area contributed by atoms with E-state index in [4.69, 9.17) is 5.73 Å². The molecule has 21 heavy (non-hydrogen) atoms. The van der Waals surface area contributed by atoms with Gasteiger partial charge in [0.05, 0.1) is 22.9 Å². The molecule has 3 rings (SSSR count). The van der Waals surface area contributed by atoms with E-state index in [1.54, 1.807) is 6.07 Å². The Morgan fingerprint density at radius 2 is 2.29 bits per heavy atom. The van der Waals surface area contributed by atoms with Crippen molar-refractivity contribution in [1.82, 2.24) is 9.88 Å². The number of carbonyl (C=O) groups excluding carboxylic acids is 1. The van der Waals surface area contributed by atoms with Crippen LogP contribution in [0.4, 0.5) is 5.13 Å². The maximum atomic E-state index is 12.7. The fourth-order valence-corrected chi connectivity index (χ4v) is 3.65. The van der Waals surface area contributed by atoms with Crippen LogP contribution in [-0.4, -0.2) is 40.1 Å². The molecule has 0 radical (unpaired) electrons. The zero-order valence-corrected chi connectivity index (χ0v) is 12.6. The molecule has 3 N–H and O–H groups in total. The lowest BCUT2D eigenvalue weighted by atomic mass is 10.1. The number of nitrogens with two attached hydrogens (primary N) is 1. The Kier molecular flexibility index (Phi) is 4.07. The molecule has 1 aromatic carbocycles. The Morgan fingerprint density at radius 3 is 3.10 bits per heavy atom. The topological polar surface area (TPSA) is 79.5 Å². The van der Waals surface area contributed by atoms with Crippen molar-refractivity contribution in [1.29, 1.82) is 0 Å². The van der Waals surface area contributed by atoms with Crippen molar-refractivity contribution < 1.29 is 9.90 Å². The summed E-state index contributed by atoms with van der Waals surface area (Å²) in [6.07, 6.45) is 4.06. The van der Waals surface area contributed by atoms with Crippen molar-refractivity contribution >= 4 is 32.6 Å². The molecule has 2 heterocycles. The first-order valence-electron chi connectivity index (χ1n) is 7.27. The van der Waals surface area contributed by atoms with Crippen LogP contribution in [0.3, 0.4) is 0 Å². The molecule has 0 aliphatic carbocycles. The number of amides is 1. The maximum absolute atomic E-state index is 12.7. The van der Waals surface area contributed by atoms with Gasteiger partial charge in [-0.25, -0.2) is 4.98 Å². The third kappa shape index (κ3) is 2.87. The van der Waals surface area contributed by atoms with Gasteiger partial charge in [-0.15, -0.1) is 0 Å². The number of carbonyl (C=O) groups is 1. The number of nitrogen functional groups attached to an aromatic ring is 1. The Morgan fingerprint density at radius 1 is 1.43 bits per heavy atom. The molecule has 1 aliphatic rings. The number of hydrogen-bond acceptors (Lipinski definition) is 5. The van der Waals surface area contributed by atoms with Gasteiger partial charge < -0.3 is 15.7 Å². The van der Waals surface area contributed by atoms with E-state index in [1.165, 1.54) is 11.3 Å². The number of hydrogen-bond donors (Lipinski definition) is 2. The van der Waals surface area contributed by atoms with Crippen LogP contribution < -0.4 is 5.73 Å². The Bertz CT molecular complexity index is 655. The van der Waals surface area contributed by atoms with Crippen molar-refractivity contribution in [3.63, 3.8) is 0 Å². The monoisotopic (exact) mass is 305 g/mol. The standard InChI is InChI=1S/C15H19N3O2S/c16-15-17-12-6-5-10(8-13(12)21-15)14(20)18-7-3-1-2-4-11(18)9-19/h5-6,8,11,19H,1-4,7,9H2,(H2,16,17). The zero-order valence-electron chi connectivity index (χ0n) is 11.8. The van der Waals surface area contributed by atoms with Gasteiger partial charge >= 0.3 is 0 Å². The van der Waals surface area contributed by atoms with E-state index in [0.717, 1.165) is 35.9 Å². The fourth-order valence-electron chi connectivity index (χ4n) is 2.88. The van der Waals surface area contributed by atoms with Crippen LogP contribution in [-0.2, 0) is 0 Å². The largest absolute Gasteiger partial charge is 0.394 e. The van der Waals surface area contributed by atoms with E-state index in [0.29, 0.717) is 17.2 Å². The van der Waals surface area contributed by atoms with Gasteiger partial charge in [0.15, 0.2) is 5.13 Å². The molecule has 1 aliphatic heterocycles. The maximum Gasteiger partial charge on any atom is 0.254 e. The van der Waals surface area contributed by atoms with Crippen LogP contribution in [0, 0.1) is 0 Å². The number of aliphatic hydroxyl groups is 1. The quantitative estimate of drug-likeness (QED) is 0.892. The highest BCUT2D eigenvalue weighted by Gasteiger charge is 2.25. The van der Waals surface area contributed by atoms with Crippen LogP contribution in [0.1, 0.15) is 36.0 Å². The minimum atomic E-state index is -0.0674. The lowest BCUT2D eigenvalue weighted by Crippen LogP contribution is -2.42. The number of aromatic nitrogens is 1. The third-order valence-electron chi connectivity index (χ3n) is 4.00. The van der Waals surface area contributed by atoms with Gasteiger partial charge in [0, 0.05) is 12.1 Å². The minimum Gasteiger partial charge on any atom is -0.394 e. The highest BCUT2D eigenvalue weighted by Crippen LogP contribution is 2.26. The number of fused-ring (bicyclic) bond motifs is 1. The molecular weight excluding hydrogens is 286 g/mol. The molecule has 1 atom stereocenters. The van der Waals surface area contributed by atoms with E-state index < -0.39 is 0 Å². The van der Waals surface area contributed by atoms with Gasteiger partial charge in [0.25, 0.3) is 5.91 Å². The molecule has 0 saturated carbocycles. The van der Waals surface area contributed by atoms with E-state index in [1.807, 2.05) is 17.0 Å². The summed E-state index contributed by atoms with van der Waals surface area (Å²) in [4.78, 5) is 18.8. The molecule has 2 aromatic rings. The second-order valence-corrected chi connectivity index (χ2v) is 6.48. The smallest absolute Gasteiger partial charge is 0.254 e. The second-order valence-electron chi connectivity index (χ2n) is 5.42. The van der Waals surface area contributed by atoms with Crippen LogP contribution >= 0.6 is 11.3 Å². The summed E-state index contributed by atoms with van der Waals surface area (Å²) in [5, 5.41) is 10.1. The molecule has 1 aromatic heterocycles. The van der Waals surface area contributed by atoms with Crippen LogP contribution in [0.5, 0.6) is 0 Å². The van der Waals surface area contributed by atoms with Crippen molar-refractivity contribution in [3.05, 3.63) is 23.8 Å². The van der Waals surface area contributed by atoms with Crippen LogP contribution in [0.25, 0.3) is 10.2 Å². The number of likely N-dealkylation sites (tertiary alicyclic amines) is 1. The average Bonchev–Trinajstić information content (AvgIpc) is 2.71. The van der Waals surface area contributed by atoms with Gasteiger partial charge in [-0.1, -0.05) is 24.2 Å². The van der Waals surface area contributed by atoms with Crippen molar-refractivity contribution in [2.45, 2.75) is 31.7 Å². The minimum absolute atomic E-state index is 0.00942. The van der Waals surface area contributed by atoms with Crippen molar-refractivity contribution in [3.8, 4) is 0 Å². The summed E-state index contributed by atoms with van der Waals surface area (Å²) in [5.41, 5.74) is 7.17. The Hall–Kier alpha value is -1.66. The molecule has 0 spiro atoms. The van der Waals surface area contributed by atoms with Crippen LogP contribution in [0.2, 0.25) is 0 Å². The van der Waals surface area contributed by atoms with Gasteiger partial charge in [-0.3, -0.25) is 4.79 Å². The molecule has 112 valence electrons. The number of benzene rings is 1. The van der Waals surface area contributed by atoms with E-state index >= 15 is 0 Å². The normalized spacial score (nSPS) is 19.7. The lowest BCUT2D eigenvalue weighted by Gasteiger charge is -2.28. The first-order valence-corrected chi connectivity index (χ1v) is 8.08. The molecule has 5 nitrogen and oxygen atoms in total. The Labute approximate surface area is 127 Å². The third-order valence-corrected chi connectivity index (χ3v) is 4.85. The van der Waals surface area contributed by atoms with Crippen molar-refractivity contribution in [2.24, 2.45) is 0 Å². The predicted molar refractivity (Wildman–Crippen MR) is 84.4 cm³/mol. The SMILES string of the molecule is Nc1nc2ccc(C(=O)N3CCCCCC3CO)cc2s1. The number of anilines is 1. The zero-order chi connectivity index (χ0) is 14.8. The molecule has 6 heteroatoms. The molecule has 1 unspecified atom stereocenters. The average molecular weight is 305 g/mol. The van der Waals surface area contributed by atoms with Gasteiger partial charge in [-0.2, -0.15) is 0 Å². The van der Waals surface area contributed by atoms with Crippen LogP contribution in [0.15, 0.2) is 18.2 Å². The summed E-state index contributed by atoms with van der Waals surface area (Å²) in [6.45, 7) is 0.744. The fraction of sp³-hybridized carbons (Fsp3) is 0.467. The lowest BCUT2D eigenvalue weighted by molar-refractivity contribution is 0.0600. The van der Waals surface area contributed by atoms with Gasteiger partial charge in [0.1, 0.15) is 0 Å². The summed E-state index contributed by atoms with van der Waals surface area (Å²) in [5.74, 6) is -0.00942. The van der Waals surface area contributed by atoms with Gasteiger partial charge in [0.2, 0.25) is 0 Å². The van der Waals surface area contributed by atoms with E-state index in [-0.39, 0.29) is 18.6 Å². The highest BCUT2D eigenvalue weighted by atomic mass is 32.1. The molecule has 0 bridgehead atoms. The first-order chi connectivity index (χ1) is 10.2. The molecule has 1 fully saturated rings. The van der Waals surface area contributed by atoms with Crippen molar-refractivity contribution in [2.75, 3.05) is 18.9 Å². The highest BCUT2D eigenvalue weighted by molar-refractivity contribution is 7.22. The molecule has 1 amide bonds. The Balaban J connectivity index is 1.90. The summed E-state index contributed by atoms with van der Waals surface area (Å²) < 4.78 is 0.925. The summed E-state index contributed by atoms with van der Waals surface area (Å²) in [6, 6.07) is 5.41. The number of nitrogens with zero attached hydrogens (tertiary/aromatic N) is 2. The number of aliphatic hydroxyl groups excluding tert-OH is 1. The van der Waals surface area contributed by atoms with E-state index in [9.17, 15) is 9.90 Å². The predicted octanol–water partition coefficient (Wildman–Crippen LogP) is 2.26. The summed E-state index contributed by atoms with van der Waals surface area (Å²) >= 11 is 1.39. The molecule has 1 saturated heterocycles. The number of rotatable bonds is 2. The molecular formula is C15H19N3O2S. The first kappa shape index (κ1) is 14.3. The van der Waals surface area contributed by atoms with E-state index in [2.05, 4.69) is 4.98 Å². The number of thiazole rings is 1.